The van der Waals surface area contributed by atoms with Gasteiger partial charge in [-0.3, -0.25) is 9.59 Å². The summed E-state index contributed by atoms with van der Waals surface area (Å²) >= 11 is 5.79. The summed E-state index contributed by atoms with van der Waals surface area (Å²) in [6.07, 6.45) is 4.80. The number of benzene rings is 1. The lowest BCUT2D eigenvalue weighted by atomic mass is 9.81. The van der Waals surface area contributed by atoms with Crippen LogP contribution in [-0.2, 0) is 14.3 Å². The highest BCUT2D eigenvalue weighted by atomic mass is 35.5. The molecular formula is C19H25ClN2O4. The monoisotopic (exact) mass is 380 g/mol. The Balaban J connectivity index is 1.76. The van der Waals surface area contributed by atoms with Crippen LogP contribution < -0.4 is 10.6 Å². The van der Waals surface area contributed by atoms with Crippen molar-refractivity contribution in [2.24, 2.45) is 0 Å². The molecule has 1 aromatic rings. The SMILES string of the molecule is COC(=O)C1(NC(=O)CCCNC(=O)c2ccc(Cl)cc2)CCCCC1. The van der Waals surface area contributed by atoms with Crippen molar-refractivity contribution in [2.45, 2.75) is 50.5 Å². The number of hydrogen-bond acceptors (Lipinski definition) is 4. The lowest BCUT2D eigenvalue weighted by molar-refractivity contribution is -0.152. The van der Waals surface area contributed by atoms with Crippen molar-refractivity contribution in [1.82, 2.24) is 10.6 Å². The van der Waals surface area contributed by atoms with Crippen molar-refractivity contribution in [1.29, 1.82) is 0 Å². The molecule has 0 heterocycles. The number of nitrogens with one attached hydrogen (secondary N) is 2. The van der Waals surface area contributed by atoms with E-state index in [9.17, 15) is 14.4 Å². The summed E-state index contributed by atoms with van der Waals surface area (Å²) in [5, 5.41) is 6.21. The first kappa shape index (κ1) is 20.2. The second kappa shape index (κ2) is 9.57. The Labute approximate surface area is 158 Å². The van der Waals surface area contributed by atoms with E-state index in [0.29, 0.717) is 36.4 Å². The maximum Gasteiger partial charge on any atom is 0.331 e. The van der Waals surface area contributed by atoms with Crippen LogP contribution in [0.1, 0.15) is 55.3 Å². The van der Waals surface area contributed by atoms with E-state index in [2.05, 4.69) is 10.6 Å². The average Bonchev–Trinajstić information content (AvgIpc) is 2.65. The smallest absolute Gasteiger partial charge is 0.331 e. The fourth-order valence-electron chi connectivity index (χ4n) is 3.21. The second-order valence-corrected chi connectivity index (χ2v) is 6.99. The van der Waals surface area contributed by atoms with Gasteiger partial charge in [-0.15, -0.1) is 0 Å². The zero-order valence-electron chi connectivity index (χ0n) is 15.0. The first-order chi connectivity index (χ1) is 12.5. The molecule has 2 N–H and O–H groups in total. The number of methoxy groups -OCH3 is 1. The van der Waals surface area contributed by atoms with Crippen LogP contribution in [0.25, 0.3) is 0 Å². The van der Waals surface area contributed by atoms with Gasteiger partial charge in [0.2, 0.25) is 5.91 Å². The summed E-state index contributed by atoms with van der Waals surface area (Å²) in [6, 6.07) is 6.60. The molecule has 0 atom stereocenters. The molecule has 0 spiro atoms. The van der Waals surface area contributed by atoms with Crippen LogP contribution >= 0.6 is 11.6 Å². The summed E-state index contributed by atoms with van der Waals surface area (Å²) < 4.78 is 4.89. The predicted molar refractivity (Wildman–Crippen MR) is 99.0 cm³/mol. The molecule has 2 amide bonds. The van der Waals surface area contributed by atoms with E-state index in [1.807, 2.05) is 0 Å². The molecule has 0 unspecified atom stereocenters. The average molecular weight is 381 g/mol. The molecule has 0 aliphatic heterocycles. The minimum Gasteiger partial charge on any atom is -0.467 e. The summed E-state index contributed by atoms with van der Waals surface area (Å²) in [7, 11) is 1.34. The number of hydrogen-bond donors (Lipinski definition) is 2. The van der Waals surface area contributed by atoms with Gasteiger partial charge in [0.05, 0.1) is 7.11 Å². The first-order valence-corrected chi connectivity index (χ1v) is 9.28. The van der Waals surface area contributed by atoms with Gasteiger partial charge in [0.15, 0.2) is 0 Å². The van der Waals surface area contributed by atoms with Gasteiger partial charge in [0.25, 0.3) is 5.91 Å². The largest absolute Gasteiger partial charge is 0.467 e. The van der Waals surface area contributed by atoms with Gasteiger partial charge in [-0.05, 0) is 43.5 Å². The molecule has 6 nitrogen and oxygen atoms in total. The van der Waals surface area contributed by atoms with Crippen LogP contribution in [0, 0.1) is 0 Å². The number of esters is 1. The fraction of sp³-hybridized carbons (Fsp3) is 0.526. The van der Waals surface area contributed by atoms with Gasteiger partial charge in [-0.2, -0.15) is 0 Å². The summed E-state index contributed by atoms with van der Waals surface area (Å²) in [6.45, 7) is 0.375. The normalized spacial score (nSPS) is 15.8. The predicted octanol–water partition coefficient (Wildman–Crippen LogP) is 2.84. The molecule has 1 fully saturated rings. The van der Waals surface area contributed by atoms with E-state index in [0.717, 1.165) is 19.3 Å². The van der Waals surface area contributed by atoms with Gasteiger partial charge in [0.1, 0.15) is 5.54 Å². The lowest BCUT2D eigenvalue weighted by Gasteiger charge is -2.35. The fourth-order valence-corrected chi connectivity index (χ4v) is 3.34. The van der Waals surface area contributed by atoms with Crippen molar-refractivity contribution in [3.05, 3.63) is 34.9 Å². The number of rotatable bonds is 7. The van der Waals surface area contributed by atoms with Crippen LogP contribution in [0.2, 0.25) is 5.02 Å². The van der Waals surface area contributed by atoms with Gasteiger partial charge in [-0.25, -0.2) is 4.79 Å². The molecule has 142 valence electrons. The summed E-state index contributed by atoms with van der Waals surface area (Å²) in [4.78, 5) is 36.3. The second-order valence-electron chi connectivity index (χ2n) is 6.55. The zero-order chi connectivity index (χ0) is 19.0. The highest BCUT2D eigenvalue weighted by Gasteiger charge is 2.41. The minimum absolute atomic E-state index is 0.196. The molecule has 1 saturated carbocycles. The summed E-state index contributed by atoms with van der Waals surface area (Å²) in [5.41, 5.74) is -0.373. The molecular weight excluding hydrogens is 356 g/mol. The highest BCUT2D eigenvalue weighted by molar-refractivity contribution is 6.30. The lowest BCUT2D eigenvalue weighted by Crippen LogP contribution is -2.56. The number of ether oxygens (including phenoxy) is 1. The van der Waals surface area contributed by atoms with E-state index in [-0.39, 0.29) is 24.2 Å². The van der Waals surface area contributed by atoms with Gasteiger partial charge < -0.3 is 15.4 Å². The van der Waals surface area contributed by atoms with Crippen molar-refractivity contribution < 1.29 is 19.1 Å². The molecule has 1 aromatic carbocycles. The Morgan fingerprint density at radius 3 is 2.38 bits per heavy atom. The van der Waals surface area contributed by atoms with E-state index < -0.39 is 5.54 Å². The Morgan fingerprint density at radius 1 is 1.12 bits per heavy atom. The van der Waals surface area contributed by atoms with Crippen LogP contribution in [0.4, 0.5) is 0 Å². The molecule has 0 radical (unpaired) electrons. The Kier molecular flexibility index (Phi) is 7.45. The number of carbonyl (C=O) groups excluding carboxylic acids is 3. The minimum atomic E-state index is -0.892. The van der Waals surface area contributed by atoms with Gasteiger partial charge in [0, 0.05) is 23.6 Å². The molecule has 1 aliphatic carbocycles. The van der Waals surface area contributed by atoms with E-state index in [1.54, 1.807) is 24.3 Å². The molecule has 0 saturated heterocycles. The molecule has 1 aliphatic rings. The third-order valence-corrected chi connectivity index (χ3v) is 4.89. The van der Waals surface area contributed by atoms with Gasteiger partial charge in [-0.1, -0.05) is 30.9 Å². The van der Waals surface area contributed by atoms with Crippen LogP contribution in [0.15, 0.2) is 24.3 Å². The number of halogens is 1. The Bertz CT molecular complexity index is 639. The topological polar surface area (TPSA) is 84.5 Å². The molecule has 0 aromatic heterocycles. The highest BCUT2D eigenvalue weighted by Crippen LogP contribution is 2.29. The third kappa shape index (κ3) is 5.46. The maximum absolute atomic E-state index is 12.2. The number of amides is 2. The van der Waals surface area contributed by atoms with E-state index in [1.165, 1.54) is 7.11 Å². The van der Waals surface area contributed by atoms with Crippen molar-refractivity contribution in [3.63, 3.8) is 0 Å². The van der Waals surface area contributed by atoms with Crippen LogP contribution in [0.5, 0.6) is 0 Å². The standard InChI is InChI=1S/C19H25ClN2O4/c1-26-18(25)19(11-3-2-4-12-19)22-16(23)6-5-13-21-17(24)14-7-9-15(20)10-8-14/h7-10H,2-6,11-13H2,1H3,(H,21,24)(H,22,23). The van der Waals surface area contributed by atoms with Crippen LogP contribution in [0.3, 0.4) is 0 Å². The van der Waals surface area contributed by atoms with Crippen molar-refractivity contribution in [3.8, 4) is 0 Å². The Hall–Kier alpha value is -2.08. The summed E-state index contributed by atoms with van der Waals surface area (Å²) in [5.74, 6) is -0.778. The molecule has 26 heavy (non-hydrogen) atoms. The third-order valence-electron chi connectivity index (χ3n) is 4.63. The van der Waals surface area contributed by atoms with Crippen LogP contribution in [-0.4, -0.2) is 37.0 Å². The van der Waals surface area contributed by atoms with Gasteiger partial charge >= 0.3 is 5.97 Å². The first-order valence-electron chi connectivity index (χ1n) is 8.90. The van der Waals surface area contributed by atoms with Crippen molar-refractivity contribution in [2.75, 3.05) is 13.7 Å². The molecule has 7 heteroatoms. The van der Waals surface area contributed by atoms with E-state index in [4.69, 9.17) is 16.3 Å². The van der Waals surface area contributed by atoms with E-state index >= 15 is 0 Å². The molecule has 0 bridgehead atoms. The molecule has 2 rings (SSSR count). The maximum atomic E-state index is 12.2. The zero-order valence-corrected chi connectivity index (χ0v) is 15.7. The quantitative estimate of drug-likeness (QED) is 0.562. The Morgan fingerprint density at radius 2 is 1.77 bits per heavy atom. The van der Waals surface area contributed by atoms with Crippen molar-refractivity contribution >= 4 is 29.4 Å². The number of carbonyl (C=O) groups is 3.